The maximum atomic E-state index is 11.8. The number of hydrazine groups is 1. The molecule has 0 radical (unpaired) electrons. The number of nitrogens with one attached hydrogen (secondary N) is 2. The van der Waals surface area contributed by atoms with Crippen LogP contribution in [0, 0.1) is 0 Å². The van der Waals surface area contributed by atoms with Crippen molar-refractivity contribution in [1.29, 1.82) is 0 Å². The van der Waals surface area contributed by atoms with Crippen molar-refractivity contribution in [3.05, 3.63) is 60.0 Å². The number of hydrogen-bond donors (Lipinski definition) is 2. The number of aromatic nitrogens is 1. The highest BCUT2D eigenvalue weighted by Crippen LogP contribution is 2.27. The summed E-state index contributed by atoms with van der Waals surface area (Å²) >= 11 is 1.49. The van der Waals surface area contributed by atoms with Gasteiger partial charge in [0, 0.05) is 17.5 Å². The first-order chi connectivity index (χ1) is 12.5. The third-order valence-corrected chi connectivity index (χ3v) is 5.76. The van der Waals surface area contributed by atoms with Crippen LogP contribution in [0.1, 0.15) is 6.92 Å². The molecule has 0 atom stereocenters. The van der Waals surface area contributed by atoms with Gasteiger partial charge in [0.25, 0.3) is 0 Å². The molecule has 0 aliphatic carbocycles. The summed E-state index contributed by atoms with van der Waals surface area (Å²) in [7, 11) is -3.27. The summed E-state index contributed by atoms with van der Waals surface area (Å²) in [6.07, 6.45) is 1.21. The standard InChI is InChI=1S/C18H20N4O2S2/c1-3-22(26(2,23)24)16-11-9-14(10-12-16)17-13-25-18(19-17)21-20-15-7-5-4-6-8-15/h4-13,20H,3H2,1-2H3,(H,19,21). The molecule has 0 amide bonds. The third-order valence-electron chi connectivity index (χ3n) is 3.73. The van der Waals surface area contributed by atoms with Crippen molar-refractivity contribution in [1.82, 2.24) is 4.98 Å². The van der Waals surface area contributed by atoms with Crippen LogP contribution < -0.4 is 15.2 Å². The fourth-order valence-electron chi connectivity index (χ4n) is 2.52. The van der Waals surface area contributed by atoms with Crippen LogP contribution in [-0.2, 0) is 10.0 Å². The Morgan fingerprint density at radius 1 is 1.04 bits per heavy atom. The highest BCUT2D eigenvalue weighted by molar-refractivity contribution is 7.92. The molecule has 1 heterocycles. The lowest BCUT2D eigenvalue weighted by Gasteiger charge is -2.20. The van der Waals surface area contributed by atoms with Gasteiger partial charge in [0.1, 0.15) is 0 Å². The van der Waals surface area contributed by atoms with Gasteiger partial charge in [-0.1, -0.05) is 30.3 Å². The maximum Gasteiger partial charge on any atom is 0.232 e. The maximum absolute atomic E-state index is 11.8. The Labute approximate surface area is 157 Å². The van der Waals surface area contributed by atoms with Crippen molar-refractivity contribution in [2.75, 3.05) is 28.0 Å². The normalized spacial score (nSPS) is 11.2. The van der Waals surface area contributed by atoms with Crippen LogP contribution in [0.25, 0.3) is 11.3 Å². The average Bonchev–Trinajstić information content (AvgIpc) is 3.10. The van der Waals surface area contributed by atoms with E-state index in [-0.39, 0.29) is 0 Å². The Bertz CT molecular complexity index is 954. The van der Waals surface area contributed by atoms with Crippen molar-refractivity contribution in [3.63, 3.8) is 0 Å². The van der Waals surface area contributed by atoms with Gasteiger partial charge in [0.05, 0.1) is 23.3 Å². The molecule has 2 aromatic carbocycles. The number of hydrogen-bond acceptors (Lipinski definition) is 6. The molecule has 1 aromatic heterocycles. The van der Waals surface area contributed by atoms with Gasteiger partial charge >= 0.3 is 0 Å². The zero-order valence-corrected chi connectivity index (χ0v) is 16.1. The minimum Gasteiger partial charge on any atom is -0.299 e. The fourth-order valence-corrected chi connectivity index (χ4v) is 4.16. The summed E-state index contributed by atoms with van der Waals surface area (Å²) in [5, 5.41) is 2.71. The largest absolute Gasteiger partial charge is 0.299 e. The summed E-state index contributed by atoms with van der Waals surface area (Å²) in [6.45, 7) is 2.21. The lowest BCUT2D eigenvalue weighted by molar-refractivity contribution is 0.598. The molecule has 0 saturated carbocycles. The van der Waals surface area contributed by atoms with Crippen LogP contribution in [0.3, 0.4) is 0 Å². The van der Waals surface area contributed by atoms with Crippen LogP contribution in [0.4, 0.5) is 16.5 Å². The van der Waals surface area contributed by atoms with Gasteiger partial charge in [-0.2, -0.15) is 0 Å². The molecule has 136 valence electrons. The Kier molecular flexibility index (Phi) is 5.43. The minimum atomic E-state index is -3.27. The number of anilines is 3. The lowest BCUT2D eigenvalue weighted by Crippen LogP contribution is -2.29. The van der Waals surface area contributed by atoms with E-state index in [2.05, 4.69) is 15.8 Å². The molecule has 0 fully saturated rings. The second-order valence-corrected chi connectivity index (χ2v) is 8.39. The fraction of sp³-hybridized carbons (Fsp3) is 0.167. The molecule has 8 heteroatoms. The Balaban J connectivity index is 1.71. The average molecular weight is 389 g/mol. The predicted molar refractivity (Wildman–Crippen MR) is 109 cm³/mol. The molecular formula is C18H20N4O2S2. The molecule has 26 heavy (non-hydrogen) atoms. The number of para-hydroxylation sites is 1. The second-order valence-electron chi connectivity index (χ2n) is 5.63. The van der Waals surface area contributed by atoms with Gasteiger partial charge in [-0.25, -0.2) is 13.4 Å². The van der Waals surface area contributed by atoms with Crippen molar-refractivity contribution < 1.29 is 8.42 Å². The highest BCUT2D eigenvalue weighted by Gasteiger charge is 2.15. The molecule has 0 unspecified atom stereocenters. The number of thiazole rings is 1. The number of nitrogens with zero attached hydrogens (tertiary/aromatic N) is 2. The van der Waals surface area contributed by atoms with Gasteiger partial charge in [0.2, 0.25) is 15.2 Å². The van der Waals surface area contributed by atoms with E-state index in [0.717, 1.165) is 22.1 Å². The van der Waals surface area contributed by atoms with Crippen LogP contribution in [0.5, 0.6) is 0 Å². The van der Waals surface area contributed by atoms with Gasteiger partial charge in [-0.15, -0.1) is 11.3 Å². The lowest BCUT2D eigenvalue weighted by atomic mass is 10.1. The van der Waals surface area contributed by atoms with E-state index < -0.39 is 10.0 Å². The quantitative estimate of drug-likeness (QED) is 0.598. The highest BCUT2D eigenvalue weighted by atomic mass is 32.2. The monoisotopic (exact) mass is 388 g/mol. The molecule has 6 nitrogen and oxygen atoms in total. The van der Waals surface area contributed by atoms with Crippen molar-refractivity contribution in [2.45, 2.75) is 6.92 Å². The number of sulfonamides is 1. The van der Waals surface area contributed by atoms with Gasteiger partial charge in [0.15, 0.2) is 0 Å². The van der Waals surface area contributed by atoms with Crippen LogP contribution in [0.2, 0.25) is 0 Å². The van der Waals surface area contributed by atoms with Crippen LogP contribution in [0.15, 0.2) is 60.0 Å². The van der Waals surface area contributed by atoms with Gasteiger partial charge in [-0.3, -0.25) is 15.2 Å². The van der Waals surface area contributed by atoms with E-state index in [0.29, 0.717) is 12.2 Å². The van der Waals surface area contributed by atoms with Crippen molar-refractivity contribution in [2.24, 2.45) is 0 Å². The topological polar surface area (TPSA) is 74.3 Å². The van der Waals surface area contributed by atoms with E-state index in [4.69, 9.17) is 0 Å². The van der Waals surface area contributed by atoms with E-state index in [1.807, 2.05) is 54.8 Å². The van der Waals surface area contributed by atoms with Crippen molar-refractivity contribution in [3.8, 4) is 11.3 Å². The Morgan fingerprint density at radius 2 is 1.73 bits per heavy atom. The molecule has 0 bridgehead atoms. The van der Waals surface area contributed by atoms with Crippen LogP contribution >= 0.6 is 11.3 Å². The molecular weight excluding hydrogens is 368 g/mol. The zero-order chi connectivity index (χ0) is 18.6. The number of benzene rings is 2. The Morgan fingerprint density at radius 3 is 2.35 bits per heavy atom. The first kappa shape index (κ1) is 18.2. The molecule has 0 saturated heterocycles. The van der Waals surface area contributed by atoms with Crippen LogP contribution in [-0.4, -0.2) is 26.2 Å². The molecule has 2 N–H and O–H groups in total. The van der Waals surface area contributed by atoms with Gasteiger partial charge in [-0.05, 0) is 31.2 Å². The summed E-state index contributed by atoms with van der Waals surface area (Å²) < 4.78 is 25.0. The zero-order valence-electron chi connectivity index (χ0n) is 14.5. The minimum absolute atomic E-state index is 0.397. The predicted octanol–water partition coefficient (Wildman–Crippen LogP) is 4.04. The van der Waals surface area contributed by atoms with E-state index in [1.165, 1.54) is 21.9 Å². The molecule has 3 rings (SSSR count). The molecule has 0 aliphatic rings. The summed E-state index contributed by atoms with van der Waals surface area (Å²) in [6, 6.07) is 17.1. The summed E-state index contributed by atoms with van der Waals surface area (Å²) in [4.78, 5) is 4.55. The molecule has 0 aliphatic heterocycles. The second kappa shape index (κ2) is 7.76. The summed E-state index contributed by atoms with van der Waals surface area (Å²) in [5.74, 6) is 0. The summed E-state index contributed by atoms with van der Waals surface area (Å²) in [5.41, 5.74) is 9.55. The smallest absolute Gasteiger partial charge is 0.232 e. The van der Waals surface area contributed by atoms with Crippen molar-refractivity contribution >= 4 is 37.9 Å². The number of rotatable bonds is 7. The molecule has 3 aromatic rings. The SMILES string of the molecule is CCN(c1ccc(-c2csc(NNc3ccccc3)n2)cc1)S(C)(=O)=O. The van der Waals surface area contributed by atoms with E-state index in [1.54, 1.807) is 12.1 Å². The third kappa shape index (κ3) is 4.33. The van der Waals surface area contributed by atoms with Gasteiger partial charge < -0.3 is 0 Å². The molecule has 0 spiro atoms. The van der Waals surface area contributed by atoms with E-state index in [9.17, 15) is 8.42 Å². The Hall–Kier alpha value is -2.58. The van der Waals surface area contributed by atoms with E-state index >= 15 is 0 Å². The first-order valence-electron chi connectivity index (χ1n) is 8.08. The first-order valence-corrected chi connectivity index (χ1v) is 10.8.